The summed E-state index contributed by atoms with van der Waals surface area (Å²) in [4.78, 5) is 26.4. The molecule has 1 aromatic rings. The van der Waals surface area contributed by atoms with Crippen LogP contribution in [0.25, 0.3) is 0 Å². The third-order valence-corrected chi connectivity index (χ3v) is 2.75. The van der Waals surface area contributed by atoms with E-state index in [2.05, 4.69) is 10.3 Å². The number of Topliss-reactive ketones (excluding diaryl/α,β-unsaturated/α-hetero) is 1. The molecule has 1 unspecified atom stereocenters. The molecule has 0 saturated heterocycles. The van der Waals surface area contributed by atoms with Gasteiger partial charge < -0.3 is 10.3 Å². The highest BCUT2D eigenvalue weighted by Gasteiger charge is 2.29. The van der Waals surface area contributed by atoms with E-state index in [1.54, 1.807) is 12.3 Å². The summed E-state index contributed by atoms with van der Waals surface area (Å²) in [6, 6.07) is 1.65. The summed E-state index contributed by atoms with van der Waals surface area (Å²) in [5.74, 6) is -0.188. The predicted octanol–water partition coefficient (Wildman–Crippen LogP) is 1.36. The average molecular weight is 206 g/mol. The molecular weight excluding hydrogens is 192 g/mol. The van der Waals surface area contributed by atoms with Gasteiger partial charge in [0.2, 0.25) is 0 Å². The van der Waals surface area contributed by atoms with Gasteiger partial charge in [-0.2, -0.15) is 0 Å². The number of H-pyrrole nitrogens is 1. The Bertz CT molecular complexity index is 395. The van der Waals surface area contributed by atoms with E-state index in [9.17, 15) is 9.59 Å². The molecule has 2 rings (SSSR count). The zero-order valence-corrected chi connectivity index (χ0v) is 8.67. The molecule has 2 N–H and O–H groups in total. The highest BCUT2D eigenvalue weighted by Crippen LogP contribution is 2.19. The standard InChI is InChI=1S/C11H14N2O2/c1-2-3-7-6-13-11(15)8-4-5-12-9(8)10(7)14/h4-5,7,12H,2-3,6H2,1H3,(H,13,15). The summed E-state index contributed by atoms with van der Waals surface area (Å²) in [5, 5.41) is 2.77. The van der Waals surface area contributed by atoms with E-state index >= 15 is 0 Å². The molecule has 15 heavy (non-hydrogen) atoms. The van der Waals surface area contributed by atoms with Crippen molar-refractivity contribution in [1.29, 1.82) is 0 Å². The normalized spacial score (nSPS) is 20.7. The van der Waals surface area contributed by atoms with Crippen molar-refractivity contribution in [1.82, 2.24) is 10.3 Å². The van der Waals surface area contributed by atoms with Crippen molar-refractivity contribution >= 4 is 11.7 Å². The van der Waals surface area contributed by atoms with Gasteiger partial charge in [-0.3, -0.25) is 9.59 Å². The Hall–Kier alpha value is -1.58. The van der Waals surface area contributed by atoms with Crippen molar-refractivity contribution in [3.8, 4) is 0 Å². The lowest BCUT2D eigenvalue weighted by Crippen LogP contribution is -2.28. The van der Waals surface area contributed by atoms with Crippen LogP contribution in [0.2, 0.25) is 0 Å². The topological polar surface area (TPSA) is 62.0 Å². The first kappa shape index (κ1) is 9.96. The Morgan fingerprint density at radius 1 is 1.47 bits per heavy atom. The molecule has 1 aromatic heterocycles. The van der Waals surface area contributed by atoms with Crippen LogP contribution in [0.5, 0.6) is 0 Å². The fourth-order valence-corrected chi connectivity index (χ4v) is 1.95. The fraction of sp³-hybridized carbons (Fsp3) is 0.455. The fourth-order valence-electron chi connectivity index (χ4n) is 1.95. The molecule has 1 aliphatic rings. The number of carbonyl (C=O) groups is 2. The molecule has 0 fully saturated rings. The van der Waals surface area contributed by atoms with Crippen LogP contribution in [-0.4, -0.2) is 23.2 Å². The highest BCUT2D eigenvalue weighted by molar-refractivity contribution is 6.09. The van der Waals surface area contributed by atoms with Crippen molar-refractivity contribution in [3.05, 3.63) is 23.5 Å². The molecule has 80 valence electrons. The number of aromatic amines is 1. The first-order valence-corrected chi connectivity index (χ1v) is 5.23. The second-order valence-corrected chi connectivity index (χ2v) is 3.83. The van der Waals surface area contributed by atoms with Crippen LogP contribution in [0.15, 0.2) is 12.3 Å². The second kappa shape index (κ2) is 3.88. The lowest BCUT2D eigenvalue weighted by atomic mass is 9.96. The van der Waals surface area contributed by atoms with Crippen LogP contribution in [0.1, 0.15) is 40.6 Å². The number of ketones is 1. The van der Waals surface area contributed by atoms with Crippen LogP contribution in [0, 0.1) is 5.92 Å². The van der Waals surface area contributed by atoms with Gasteiger partial charge in [-0.1, -0.05) is 13.3 Å². The van der Waals surface area contributed by atoms with Crippen molar-refractivity contribution in [2.75, 3.05) is 6.54 Å². The Kier molecular flexibility index (Phi) is 2.58. The molecular formula is C11H14N2O2. The summed E-state index contributed by atoms with van der Waals surface area (Å²) in [5.41, 5.74) is 0.932. The highest BCUT2D eigenvalue weighted by atomic mass is 16.2. The summed E-state index contributed by atoms with van der Waals surface area (Å²) in [6.45, 7) is 2.49. The van der Waals surface area contributed by atoms with Gasteiger partial charge in [0.25, 0.3) is 5.91 Å². The summed E-state index contributed by atoms with van der Waals surface area (Å²) in [6.07, 6.45) is 3.40. The van der Waals surface area contributed by atoms with Gasteiger partial charge in [0.15, 0.2) is 5.78 Å². The quantitative estimate of drug-likeness (QED) is 0.767. The first-order valence-electron chi connectivity index (χ1n) is 5.23. The molecule has 1 aliphatic heterocycles. The largest absolute Gasteiger partial charge is 0.358 e. The van der Waals surface area contributed by atoms with Gasteiger partial charge in [-0.15, -0.1) is 0 Å². The Balaban J connectivity index is 2.35. The molecule has 0 aliphatic carbocycles. The zero-order valence-electron chi connectivity index (χ0n) is 8.67. The van der Waals surface area contributed by atoms with Crippen LogP contribution in [-0.2, 0) is 0 Å². The lowest BCUT2D eigenvalue weighted by Gasteiger charge is -2.10. The molecule has 2 heterocycles. The van der Waals surface area contributed by atoms with E-state index in [4.69, 9.17) is 0 Å². The molecule has 4 nitrogen and oxygen atoms in total. The lowest BCUT2D eigenvalue weighted by molar-refractivity contribution is 0.0907. The number of fused-ring (bicyclic) bond motifs is 1. The SMILES string of the molecule is CCCC1CNC(=O)c2cc[nH]c2C1=O. The van der Waals surface area contributed by atoms with Crippen LogP contribution < -0.4 is 5.32 Å². The Labute approximate surface area is 88.1 Å². The third-order valence-electron chi connectivity index (χ3n) is 2.75. The van der Waals surface area contributed by atoms with E-state index in [1.165, 1.54) is 0 Å². The number of hydrogen-bond acceptors (Lipinski definition) is 2. The maximum absolute atomic E-state index is 12.0. The molecule has 4 heteroatoms. The van der Waals surface area contributed by atoms with Gasteiger partial charge in [0, 0.05) is 18.7 Å². The second-order valence-electron chi connectivity index (χ2n) is 3.83. The van der Waals surface area contributed by atoms with Crippen molar-refractivity contribution in [3.63, 3.8) is 0 Å². The molecule has 0 radical (unpaired) electrons. The molecule has 0 bridgehead atoms. The molecule has 1 amide bonds. The van der Waals surface area contributed by atoms with Gasteiger partial charge in [0.1, 0.15) is 0 Å². The maximum atomic E-state index is 12.0. The number of carbonyl (C=O) groups excluding carboxylic acids is 2. The maximum Gasteiger partial charge on any atom is 0.253 e. The first-order chi connectivity index (χ1) is 7.24. The van der Waals surface area contributed by atoms with E-state index < -0.39 is 0 Å². The van der Waals surface area contributed by atoms with Gasteiger partial charge in [0.05, 0.1) is 11.3 Å². The number of aromatic nitrogens is 1. The predicted molar refractivity (Wildman–Crippen MR) is 55.9 cm³/mol. The minimum absolute atomic E-state index is 0.0511. The molecule has 0 aromatic carbocycles. The molecule has 0 saturated carbocycles. The molecule has 1 atom stereocenters. The van der Waals surface area contributed by atoms with Crippen molar-refractivity contribution < 1.29 is 9.59 Å². The number of rotatable bonds is 2. The summed E-state index contributed by atoms with van der Waals surface area (Å²) >= 11 is 0. The number of hydrogen-bond donors (Lipinski definition) is 2. The van der Waals surface area contributed by atoms with Gasteiger partial charge in [-0.05, 0) is 12.5 Å². The Morgan fingerprint density at radius 3 is 3.00 bits per heavy atom. The monoisotopic (exact) mass is 206 g/mol. The minimum atomic E-state index is -0.154. The van der Waals surface area contributed by atoms with Crippen LogP contribution in [0.4, 0.5) is 0 Å². The summed E-state index contributed by atoms with van der Waals surface area (Å²) in [7, 11) is 0. The average Bonchev–Trinajstić information content (AvgIpc) is 2.67. The van der Waals surface area contributed by atoms with Crippen molar-refractivity contribution in [2.45, 2.75) is 19.8 Å². The van der Waals surface area contributed by atoms with Crippen LogP contribution >= 0.6 is 0 Å². The van der Waals surface area contributed by atoms with Crippen LogP contribution in [0.3, 0.4) is 0 Å². The zero-order chi connectivity index (χ0) is 10.8. The van der Waals surface area contributed by atoms with E-state index in [-0.39, 0.29) is 17.6 Å². The molecule has 0 spiro atoms. The number of amides is 1. The smallest absolute Gasteiger partial charge is 0.253 e. The minimum Gasteiger partial charge on any atom is -0.358 e. The Morgan fingerprint density at radius 2 is 2.27 bits per heavy atom. The van der Waals surface area contributed by atoms with E-state index in [0.717, 1.165) is 12.8 Å². The summed E-state index contributed by atoms with van der Waals surface area (Å²) < 4.78 is 0. The van der Waals surface area contributed by atoms with Crippen molar-refractivity contribution in [2.24, 2.45) is 5.92 Å². The van der Waals surface area contributed by atoms with E-state index in [0.29, 0.717) is 17.8 Å². The van der Waals surface area contributed by atoms with E-state index in [1.807, 2.05) is 6.92 Å². The van der Waals surface area contributed by atoms with Gasteiger partial charge in [-0.25, -0.2) is 0 Å². The number of nitrogens with one attached hydrogen (secondary N) is 2. The third kappa shape index (κ3) is 1.67. The van der Waals surface area contributed by atoms with Gasteiger partial charge >= 0.3 is 0 Å².